The molecule has 3 rings (SSSR count). The van der Waals surface area contributed by atoms with Crippen molar-refractivity contribution in [2.24, 2.45) is 0 Å². The van der Waals surface area contributed by atoms with Crippen LogP contribution in [0, 0.1) is 12.0 Å². The molecule has 0 unspecified atom stereocenters. The third-order valence-corrected chi connectivity index (χ3v) is 5.87. The Bertz CT molecular complexity index is 1020. The number of sulfonamides is 1. The zero-order valence-corrected chi connectivity index (χ0v) is 16.2. The summed E-state index contributed by atoms with van der Waals surface area (Å²) in [4.78, 5) is 0.207. The highest BCUT2D eigenvalue weighted by atomic mass is 79.9. The van der Waals surface area contributed by atoms with Gasteiger partial charge in [-0.1, -0.05) is 64.5 Å². The lowest BCUT2D eigenvalue weighted by Gasteiger charge is -2.18. The molecule has 0 heterocycles. The van der Waals surface area contributed by atoms with Gasteiger partial charge in [0, 0.05) is 16.1 Å². The first-order chi connectivity index (χ1) is 12.6. The first-order valence-corrected chi connectivity index (χ1v) is 10.2. The smallest absolute Gasteiger partial charge is 0.220 e. The van der Waals surface area contributed by atoms with E-state index in [9.17, 15) is 8.42 Å². The zero-order valence-electron chi connectivity index (χ0n) is 13.8. The molecule has 0 N–H and O–H groups in total. The normalized spacial score (nSPS) is 10.7. The van der Waals surface area contributed by atoms with E-state index in [1.54, 1.807) is 24.3 Å². The maximum atomic E-state index is 13.1. The average molecular weight is 426 g/mol. The Labute approximate surface area is 162 Å². The Hall–Kier alpha value is -2.55. The van der Waals surface area contributed by atoms with E-state index in [1.165, 1.54) is 4.31 Å². The van der Waals surface area contributed by atoms with Gasteiger partial charge in [-0.3, -0.25) is 0 Å². The number of benzene rings is 3. The van der Waals surface area contributed by atoms with Crippen LogP contribution in [0.3, 0.4) is 0 Å². The van der Waals surface area contributed by atoms with Crippen LogP contribution in [-0.2, 0) is 16.6 Å². The van der Waals surface area contributed by atoms with Crippen molar-refractivity contribution in [3.05, 3.63) is 101 Å². The molecule has 0 aliphatic carbocycles. The first kappa shape index (κ1) is 18.2. The topological polar surface area (TPSA) is 37.4 Å². The molecule has 0 saturated carbocycles. The predicted molar refractivity (Wildman–Crippen MR) is 107 cm³/mol. The molecule has 3 nitrogen and oxygen atoms in total. The summed E-state index contributed by atoms with van der Waals surface area (Å²) in [7, 11) is -3.75. The Balaban J connectivity index is 1.99. The molecule has 0 saturated heterocycles. The standard InChI is InChI=1S/C21H16BrNO2S/c22-20-11-13-21(14-12-20)26(24,25)23(17-19-9-5-2-6-10-19)16-15-18-7-3-1-4-8-18/h1-14H,17H2. The van der Waals surface area contributed by atoms with E-state index in [1.807, 2.05) is 60.7 Å². The molecule has 0 aliphatic rings. The minimum atomic E-state index is -3.75. The lowest BCUT2D eigenvalue weighted by atomic mass is 10.2. The number of halogens is 1. The molecule has 130 valence electrons. The summed E-state index contributed by atoms with van der Waals surface area (Å²) in [5.74, 6) is 2.94. The van der Waals surface area contributed by atoms with Gasteiger partial charge in [-0.15, -0.1) is 0 Å². The van der Waals surface area contributed by atoms with Gasteiger partial charge < -0.3 is 0 Å². The summed E-state index contributed by atoms with van der Waals surface area (Å²) < 4.78 is 28.2. The molecule has 3 aromatic carbocycles. The monoisotopic (exact) mass is 425 g/mol. The predicted octanol–water partition coefficient (Wildman–Crippen LogP) is 4.65. The van der Waals surface area contributed by atoms with Crippen LogP contribution in [0.15, 0.2) is 94.3 Å². The molecule has 0 amide bonds. The second-order valence-corrected chi connectivity index (χ2v) is 8.33. The van der Waals surface area contributed by atoms with Crippen LogP contribution in [-0.4, -0.2) is 12.7 Å². The fraction of sp³-hybridized carbons (Fsp3) is 0.0476. The van der Waals surface area contributed by atoms with E-state index in [2.05, 4.69) is 27.9 Å². The summed E-state index contributed by atoms with van der Waals surface area (Å²) >= 11 is 3.33. The van der Waals surface area contributed by atoms with Crippen LogP contribution < -0.4 is 0 Å². The van der Waals surface area contributed by atoms with E-state index in [0.717, 1.165) is 15.6 Å². The van der Waals surface area contributed by atoms with Gasteiger partial charge in [0.2, 0.25) is 0 Å². The largest absolute Gasteiger partial charge is 0.271 e. The molecule has 0 atom stereocenters. The molecule has 0 radical (unpaired) electrons. The van der Waals surface area contributed by atoms with Gasteiger partial charge in [-0.25, -0.2) is 12.7 Å². The van der Waals surface area contributed by atoms with Crippen LogP contribution in [0.4, 0.5) is 0 Å². The Morgan fingerprint density at radius 2 is 1.38 bits per heavy atom. The molecule has 0 spiro atoms. The van der Waals surface area contributed by atoms with Crippen LogP contribution in [0.25, 0.3) is 0 Å². The SMILES string of the molecule is O=S(=O)(c1ccc(Br)cc1)N(C#Cc1ccccc1)Cc1ccccc1. The molecule has 3 aromatic rings. The van der Waals surface area contributed by atoms with Crippen molar-refractivity contribution in [1.29, 1.82) is 0 Å². The van der Waals surface area contributed by atoms with E-state index in [0.29, 0.717) is 0 Å². The van der Waals surface area contributed by atoms with Crippen LogP contribution in [0.2, 0.25) is 0 Å². The Kier molecular flexibility index (Phi) is 5.77. The van der Waals surface area contributed by atoms with Gasteiger partial charge in [0.15, 0.2) is 0 Å². The fourth-order valence-electron chi connectivity index (χ4n) is 2.32. The highest BCUT2D eigenvalue weighted by Gasteiger charge is 2.22. The zero-order chi connectivity index (χ0) is 18.4. The van der Waals surface area contributed by atoms with Crippen molar-refractivity contribution < 1.29 is 8.42 Å². The number of rotatable bonds is 4. The van der Waals surface area contributed by atoms with Gasteiger partial charge in [0.25, 0.3) is 10.0 Å². The molecule has 0 aliphatic heterocycles. The Morgan fingerprint density at radius 3 is 2.00 bits per heavy atom. The summed E-state index contributed by atoms with van der Waals surface area (Å²) in [6.45, 7) is 0.180. The van der Waals surface area contributed by atoms with Gasteiger partial charge in [0.05, 0.1) is 11.4 Å². The molecule has 0 bridgehead atoms. The molecule has 26 heavy (non-hydrogen) atoms. The van der Waals surface area contributed by atoms with Crippen LogP contribution >= 0.6 is 15.9 Å². The van der Waals surface area contributed by atoms with Crippen molar-refractivity contribution in [2.75, 3.05) is 0 Å². The number of nitrogens with zero attached hydrogens (tertiary/aromatic N) is 1. The summed E-state index contributed by atoms with van der Waals surface area (Å²) in [5, 5.41) is 0. The van der Waals surface area contributed by atoms with E-state index in [4.69, 9.17) is 0 Å². The lowest BCUT2D eigenvalue weighted by Crippen LogP contribution is -2.26. The molecule has 0 aromatic heterocycles. The van der Waals surface area contributed by atoms with Gasteiger partial charge in [-0.05, 0) is 47.9 Å². The molecule has 0 fully saturated rings. The molecule has 5 heteroatoms. The van der Waals surface area contributed by atoms with Crippen LogP contribution in [0.5, 0.6) is 0 Å². The maximum Gasteiger partial charge on any atom is 0.271 e. The second-order valence-electron chi connectivity index (χ2n) is 5.55. The van der Waals surface area contributed by atoms with Gasteiger partial charge in [0.1, 0.15) is 0 Å². The minimum Gasteiger partial charge on any atom is -0.220 e. The number of hydrogen-bond acceptors (Lipinski definition) is 2. The summed E-state index contributed by atoms with van der Waals surface area (Å²) in [5.41, 5.74) is 1.63. The molecular weight excluding hydrogens is 410 g/mol. The van der Waals surface area contributed by atoms with Crippen molar-refractivity contribution in [3.8, 4) is 12.0 Å². The lowest BCUT2D eigenvalue weighted by molar-refractivity contribution is 0.508. The Morgan fingerprint density at radius 1 is 0.808 bits per heavy atom. The minimum absolute atomic E-state index is 0.180. The van der Waals surface area contributed by atoms with Crippen LogP contribution in [0.1, 0.15) is 11.1 Å². The van der Waals surface area contributed by atoms with Gasteiger partial charge >= 0.3 is 0 Å². The van der Waals surface area contributed by atoms with Crippen molar-refractivity contribution in [2.45, 2.75) is 11.4 Å². The van der Waals surface area contributed by atoms with Crippen molar-refractivity contribution >= 4 is 26.0 Å². The maximum absolute atomic E-state index is 13.1. The highest BCUT2D eigenvalue weighted by Crippen LogP contribution is 2.20. The average Bonchev–Trinajstić information content (AvgIpc) is 2.67. The summed E-state index contributed by atoms with van der Waals surface area (Å²) in [6.07, 6.45) is 0. The third kappa shape index (κ3) is 4.54. The quantitative estimate of drug-likeness (QED) is 0.450. The first-order valence-electron chi connectivity index (χ1n) is 7.95. The van der Waals surface area contributed by atoms with E-state index in [-0.39, 0.29) is 11.4 Å². The summed E-state index contributed by atoms with van der Waals surface area (Å²) in [6, 6.07) is 28.1. The van der Waals surface area contributed by atoms with Gasteiger partial charge in [-0.2, -0.15) is 0 Å². The third-order valence-electron chi connectivity index (χ3n) is 3.67. The van der Waals surface area contributed by atoms with E-state index >= 15 is 0 Å². The van der Waals surface area contributed by atoms with Crippen molar-refractivity contribution in [1.82, 2.24) is 4.31 Å². The fourth-order valence-corrected chi connectivity index (χ4v) is 3.80. The number of hydrogen-bond donors (Lipinski definition) is 0. The molecular formula is C21H16BrNO2S. The van der Waals surface area contributed by atoms with E-state index < -0.39 is 10.0 Å². The highest BCUT2D eigenvalue weighted by molar-refractivity contribution is 9.10. The van der Waals surface area contributed by atoms with Crippen molar-refractivity contribution in [3.63, 3.8) is 0 Å². The second kappa shape index (κ2) is 8.22.